The maximum Gasteiger partial charge on any atom is 0.246 e. The van der Waals surface area contributed by atoms with Crippen molar-refractivity contribution in [1.29, 1.82) is 0 Å². The summed E-state index contributed by atoms with van der Waals surface area (Å²) in [5.74, 6) is 1.52. The fraction of sp³-hybridized carbons (Fsp3) is 0.680. The molecular formula is C25H37N3O2. The first-order valence-electron chi connectivity index (χ1n) is 11.7. The van der Waals surface area contributed by atoms with Crippen molar-refractivity contribution in [1.82, 2.24) is 15.5 Å². The number of nitrogens with one attached hydrogen (secondary N) is 2. The molecule has 0 aromatic heterocycles. The molecule has 4 bridgehead atoms. The Balaban J connectivity index is 1.68. The maximum absolute atomic E-state index is 13.6. The van der Waals surface area contributed by atoms with Gasteiger partial charge in [-0.15, -0.1) is 0 Å². The lowest BCUT2D eigenvalue weighted by Crippen LogP contribution is -2.76. The van der Waals surface area contributed by atoms with Gasteiger partial charge in [-0.2, -0.15) is 0 Å². The molecule has 1 aromatic rings. The van der Waals surface area contributed by atoms with Gasteiger partial charge in [0.15, 0.2) is 0 Å². The number of rotatable bonds is 8. The first-order chi connectivity index (χ1) is 14.3. The molecule has 164 valence electrons. The Labute approximate surface area is 181 Å². The van der Waals surface area contributed by atoms with Gasteiger partial charge in [0.05, 0.1) is 5.92 Å². The van der Waals surface area contributed by atoms with E-state index in [1.807, 2.05) is 6.07 Å². The minimum absolute atomic E-state index is 0.0179. The van der Waals surface area contributed by atoms with E-state index in [9.17, 15) is 9.59 Å². The number of carbonyl (C=O) groups excluding carboxylic acids is 2. The normalized spacial score (nSPS) is 32.7. The fourth-order valence-electron chi connectivity index (χ4n) is 6.01. The molecule has 1 aromatic carbocycles. The average Bonchev–Trinajstić information content (AvgIpc) is 3.02. The van der Waals surface area contributed by atoms with Gasteiger partial charge >= 0.3 is 0 Å². The van der Waals surface area contributed by atoms with Gasteiger partial charge < -0.3 is 10.6 Å². The largest absolute Gasteiger partial charge is 0.354 e. The lowest BCUT2D eigenvalue weighted by atomic mass is 9.57. The quantitative estimate of drug-likeness (QED) is 0.692. The molecule has 2 N–H and O–H groups in total. The molecule has 5 heteroatoms. The lowest BCUT2D eigenvalue weighted by molar-refractivity contribution is -0.154. The second-order valence-corrected chi connectivity index (χ2v) is 10.5. The Kier molecular flexibility index (Phi) is 5.93. The number of hydrogen-bond acceptors (Lipinski definition) is 3. The zero-order valence-electron chi connectivity index (χ0n) is 18.9. The van der Waals surface area contributed by atoms with E-state index >= 15 is 0 Å². The number of amides is 2. The summed E-state index contributed by atoms with van der Waals surface area (Å²) in [5.41, 5.74) is 0.450. The maximum atomic E-state index is 13.6. The van der Waals surface area contributed by atoms with Crippen LogP contribution in [0.1, 0.15) is 46.1 Å². The Morgan fingerprint density at radius 2 is 1.93 bits per heavy atom. The monoisotopic (exact) mass is 411 g/mol. The van der Waals surface area contributed by atoms with Crippen molar-refractivity contribution in [2.45, 2.75) is 58.5 Å². The summed E-state index contributed by atoms with van der Waals surface area (Å²) in [6.07, 6.45) is 2.71. The van der Waals surface area contributed by atoms with Crippen LogP contribution in [0.2, 0.25) is 0 Å². The van der Waals surface area contributed by atoms with E-state index in [4.69, 9.17) is 0 Å². The van der Waals surface area contributed by atoms with Crippen LogP contribution in [0, 0.1) is 29.6 Å². The number of hydrogen-bond donors (Lipinski definition) is 2. The highest BCUT2D eigenvalue weighted by Gasteiger charge is 2.67. The van der Waals surface area contributed by atoms with Crippen molar-refractivity contribution in [2.75, 3.05) is 19.6 Å². The second-order valence-electron chi connectivity index (χ2n) is 10.5. The van der Waals surface area contributed by atoms with Crippen LogP contribution in [0.15, 0.2) is 30.3 Å². The van der Waals surface area contributed by atoms with E-state index in [-0.39, 0.29) is 35.6 Å². The molecule has 1 aliphatic carbocycles. The summed E-state index contributed by atoms with van der Waals surface area (Å²) < 4.78 is 0. The molecule has 2 amide bonds. The molecule has 3 heterocycles. The summed E-state index contributed by atoms with van der Waals surface area (Å²) >= 11 is 0. The third-order valence-corrected chi connectivity index (χ3v) is 7.41. The minimum atomic E-state index is -0.793. The van der Waals surface area contributed by atoms with Crippen LogP contribution >= 0.6 is 0 Å². The number of likely N-dealkylation sites (tertiary alicyclic amines) is 1. The van der Waals surface area contributed by atoms with Crippen LogP contribution < -0.4 is 10.6 Å². The highest BCUT2D eigenvalue weighted by molar-refractivity contribution is 5.96. The molecule has 3 aliphatic heterocycles. The van der Waals surface area contributed by atoms with Gasteiger partial charge in [0.1, 0.15) is 5.54 Å². The van der Waals surface area contributed by atoms with Crippen molar-refractivity contribution in [3.05, 3.63) is 35.9 Å². The summed E-state index contributed by atoms with van der Waals surface area (Å²) in [6.45, 7) is 11.3. The SMILES string of the molecule is CC(C)CCN1CC2CC3(C(=O)NCC(C)C)NC(=O)C2C1C3Cc1ccccc1. The van der Waals surface area contributed by atoms with Crippen LogP contribution in [0.3, 0.4) is 0 Å². The molecule has 5 rings (SSSR count). The van der Waals surface area contributed by atoms with Crippen LogP contribution in [0.5, 0.6) is 0 Å². The third kappa shape index (κ3) is 3.77. The number of benzene rings is 1. The summed E-state index contributed by atoms with van der Waals surface area (Å²) in [6, 6.07) is 10.6. The molecule has 3 saturated heterocycles. The number of piperidine rings is 2. The Morgan fingerprint density at radius 3 is 2.60 bits per heavy atom. The highest BCUT2D eigenvalue weighted by Crippen LogP contribution is 2.53. The molecular weight excluding hydrogens is 374 g/mol. The van der Waals surface area contributed by atoms with Gasteiger partial charge in [-0.05, 0) is 49.1 Å². The lowest BCUT2D eigenvalue weighted by Gasteiger charge is -2.55. The summed E-state index contributed by atoms with van der Waals surface area (Å²) in [4.78, 5) is 29.2. The highest BCUT2D eigenvalue weighted by atomic mass is 16.2. The van der Waals surface area contributed by atoms with E-state index in [2.05, 4.69) is 67.5 Å². The van der Waals surface area contributed by atoms with Crippen LogP contribution in [0.4, 0.5) is 0 Å². The van der Waals surface area contributed by atoms with Gasteiger partial charge in [0.2, 0.25) is 11.8 Å². The van der Waals surface area contributed by atoms with Gasteiger partial charge in [-0.1, -0.05) is 58.0 Å². The standard InChI is InChI=1S/C25H37N3O2/c1-16(2)10-11-28-15-19-13-25(24(30)26-14-17(3)4)20(12-18-8-6-5-7-9-18)22(28)21(19)23(29)27-25/h5-9,16-17,19-22H,10-15H2,1-4H3,(H,26,30)(H,27,29). The molecule has 0 radical (unpaired) electrons. The smallest absolute Gasteiger partial charge is 0.246 e. The zero-order valence-corrected chi connectivity index (χ0v) is 18.9. The number of carbonyl (C=O) groups is 2. The van der Waals surface area contributed by atoms with E-state index < -0.39 is 5.54 Å². The van der Waals surface area contributed by atoms with Crippen molar-refractivity contribution in [2.24, 2.45) is 29.6 Å². The van der Waals surface area contributed by atoms with Crippen molar-refractivity contribution >= 4 is 11.8 Å². The molecule has 4 aliphatic rings. The molecule has 5 atom stereocenters. The molecule has 30 heavy (non-hydrogen) atoms. The molecule has 1 saturated carbocycles. The van der Waals surface area contributed by atoms with Gasteiger partial charge in [0.25, 0.3) is 0 Å². The number of fused-ring (bicyclic) bond motifs is 1. The minimum Gasteiger partial charge on any atom is -0.354 e. The topological polar surface area (TPSA) is 61.4 Å². The van der Waals surface area contributed by atoms with E-state index in [1.165, 1.54) is 5.56 Å². The summed E-state index contributed by atoms with van der Waals surface area (Å²) in [7, 11) is 0. The number of nitrogens with zero attached hydrogens (tertiary/aromatic N) is 1. The van der Waals surface area contributed by atoms with E-state index in [1.54, 1.807) is 0 Å². The third-order valence-electron chi connectivity index (χ3n) is 7.41. The van der Waals surface area contributed by atoms with Crippen molar-refractivity contribution in [3.8, 4) is 0 Å². The van der Waals surface area contributed by atoms with Crippen LogP contribution in [0.25, 0.3) is 0 Å². The predicted octanol–water partition coefficient (Wildman–Crippen LogP) is 2.85. The van der Waals surface area contributed by atoms with Gasteiger partial charge in [0, 0.05) is 25.0 Å². The predicted molar refractivity (Wildman–Crippen MR) is 119 cm³/mol. The Bertz CT molecular complexity index is 778. The van der Waals surface area contributed by atoms with E-state index in [0.29, 0.717) is 18.4 Å². The van der Waals surface area contributed by atoms with E-state index in [0.717, 1.165) is 32.4 Å². The molecule has 5 nitrogen and oxygen atoms in total. The van der Waals surface area contributed by atoms with Crippen molar-refractivity contribution < 1.29 is 9.59 Å². The Morgan fingerprint density at radius 1 is 1.20 bits per heavy atom. The molecule has 0 spiro atoms. The van der Waals surface area contributed by atoms with Crippen molar-refractivity contribution in [3.63, 3.8) is 0 Å². The first kappa shape index (κ1) is 21.4. The van der Waals surface area contributed by atoms with Crippen LogP contribution in [-0.4, -0.2) is 47.9 Å². The Hall–Kier alpha value is -1.88. The summed E-state index contributed by atoms with van der Waals surface area (Å²) in [5, 5.41) is 6.40. The fourth-order valence-corrected chi connectivity index (χ4v) is 6.01. The van der Waals surface area contributed by atoms with Gasteiger partial charge in [-0.3, -0.25) is 14.5 Å². The second kappa shape index (κ2) is 8.33. The first-order valence-corrected chi connectivity index (χ1v) is 11.7. The van der Waals surface area contributed by atoms with Gasteiger partial charge in [-0.25, -0.2) is 0 Å². The molecule has 4 fully saturated rings. The molecule has 5 unspecified atom stereocenters. The zero-order chi connectivity index (χ0) is 21.5. The average molecular weight is 412 g/mol. The van der Waals surface area contributed by atoms with Crippen LogP contribution in [-0.2, 0) is 16.0 Å².